The van der Waals surface area contributed by atoms with E-state index < -0.39 is 11.5 Å². The van der Waals surface area contributed by atoms with E-state index in [-0.39, 0.29) is 24.1 Å². The Bertz CT molecular complexity index is 1310. The van der Waals surface area contributed by atoms with Gasteiger partial charge in [-0.1, -0.05) is 47.5 Å². The summed E-state index contributed by atoms with van der Waals surface area (Å²) in [7, 11) is 4.15. The van der Waals surface area contributed by atoms with Gasteiger partial charge in [0.25, 0.3) is 5.91 Å². The molecule has 3 aromatic rings. The van der Waals surface area contributed by atoms with E-state index in [1.165, 1.54) is 12.1 Å². The van der Waals surface area contributed by atoms with Crippen LogP contribution >= 0.6 is 23.2 Å². The summed E-state index contributed by atoms with van der Waals surface area (Å²) in [5.74, 6) is -0.228. The third-order valence-electron chi connectivity index (χ3n) is 8.05. The smallest absolute Gasteiger partial charge is 0.262 e. The van der Waals surface area contributed by atoms with Gasteiger partial charge in [-0.05, 0) is 88.3 Å². The molecule has 0 radical (unpaired) electrons. The number of carbonyl (C=O) groups excluding carboxylic acids is 1. The molecule has 0 aromatic heterocycles. The van der Waals surface area contributed by atoms with E-state index in [0.29, 0.717) is 40.5 Å². The highest BCUT2D eigenvalue weighted by Gasteiger charge is 2.54. The molecule has 41 heavy (non-hydrogen) atoms. The van der Waals surface area contributed by atoms with Crippen molar-refractivity contribution in [1.29, 1.82) is 0 Å². The molecule has 0 bridgehead atoms. The van der Waals surface area contributed by atoms with Crippen LogP contribution in [-0.4, -0.2) is 55.0 Å². The average molecular weight is 600 g/mol. The topological polar surface area (TPSA) is 56.8 Å². The van der Waals surface area contributed by atoms with Crippen molar-refractivity contribution in [2.75, 3.05) is 27.2 Å². The van der Waals surface area contributed by atoms with Gasteiger partial charge in [0.15, 0.2) is 5.66 Å². The summed E-state index contributed by atoms with van der Waals surface area (Å²) < 4.78 is 20.7. The Hall–Kier alpha value is -2.68. The first-order valence-corrected chi connectivity index (χ1v) is 14.8. The maximum Gasteiger partial charge on any atom is 0.262 e. The molecule has 218 valence electrons. The molecule has 2 N–H and O–H groups in total. The lowest BCUT2D eigenvalue weighted by Crippen LogP contribution is -2.61. The lowest BCUT2D eigenvalue weighted by Gasteiger charge is -2.41. The molecule has 5 rings (SSSR count). The van der Waals surface area contributed by atoms with Gasteiger partial charge >= 0.3 is 0 Å². The van der Waals surface area contributed by atoms with Crippen molar-refractivity contribution >= 4 is 29.1 Å². The van der Waals surface area contributed by atoms with Gasteiger partial charge in [-0.3, -0.25) is 15.4 Å². The minimum Gasteiger partial charge on any atom is -0.490 e. The van der Waals surface area contributed by atoms with Crippen molar-refractivity contribution in [3.8, 4) is 5.75 Å². The highest BCUT2D eigenvalue weighted by molar-refractivity contribution is 6.30. The summed E-state index contributed by atoms with van der Waals surface area (Å²) in [5.41, 5.74) is 1.06. The van der Waals surface area contributed by atoms with E-state index in [9.17, 15) is 9.18 Å². The second-order valence-corrected chi connectivity index (χ2v) is 12.3. The fourth-order valence-electron chi connectivity index (χ4n) is 5.94. The van der Waals surface area contributed by atoms with E-state index >= 15 is 0 Å². The Labute approximate surface area is 251 Å². The van der Waals surface area contributed by atoms with Gasteiger partial charge < -0.3 is 14.5 Å². The molecule has 0 spiro atoms. The van der Waals surface area contributed by atoms with Gasteiger partial charge in [-0.25, -0.2) is 4.39 Å². The zero-order chi connectivity index (χ0) is 29.3. The van der Waals surface area contributed by atoms with Gasteiger partial charge in [-0.2, -0.15) is 0 Å². The fraction of sp³-hybridized carbons (Fsp3) is 0.406. The Morgan fingerprint density at radius 1 is 0.927 bits per heavy atom. The van der Waals surface area contributed by atoms with Crippen LogP contribution in [-0.2, 0) is 10.5 Å². The molecule has 2 fully saturated rings. The molecule has 2 heterocycles. The first kappa shape index (κ1) is 29.8. The van der Waals surface area contributed by atoms with Crippen LogP contribution in [0.25, 0.3) is 0 Å². The Morgan fingerprint density at radius 3 is 1.90 bits per heavy atom. The molecule has 0 aliphatic carbocycles. The molecule has 2 atom stereocenters. The van der Waals surface area contributed by atoms with Crippen molar-refractivity contribution in [2.45, 2.75) is 56.6 Å². The van der Waals surface area contributed by atoms with Crippen molar-refractivity contribution in [2.24, 2.45) is 0 Å². The predicted molar refractivity (Wildman–Crippen MR) is 162 cm³/mol. The largest absolute Gasteiger partial charge is 0.490 e. The summed E-state index contributed by atoms with van der Waals surface area (Å²) in [6.07, 6.45) is 1.52. The van der Waals surface area contributed by atoms with Crippen LogP contribution in [0.5, 0.6) is 5.75 Å². The van der Waals surface area contributed by atoms with Gasteiger partial charge in [-0.15, -0.1) is 0 Å². The van der Waals surface area contributed by atoms with Gasteiger partial charge in [0.05, 0.1) is 18.2 Å². The van der Waals surface area contributed by atoms with E-state index in [4.69, 9.17) is 27.9 Å². The van der Waals surface area contributed by atoms with Gasteiger partial charge in [0.2, 0.25) is 0 Å². The van der Waals surface area contributed by atoms with Crippen molar-refractivity contribution in [3.63, 3.8) is 0 Å². The summed E-state index contributed by atoms with van der Waals surface area (Å²) in [5, 5.41) is 8.64. The van der Waals surface area contributed by atoms with Crippen LogP contribution < -0.4 is 15.4 Å². The van der Waals surface area contributed by atoms with Crippen LogP contribution in [0.2, 0.25) is 10.0 Å². The number of halogens is 3. The predicted octanol–water partition coefficient (Wildman–Crippen LogP) is 6.30. The second kappa shape index (κ2) is 12.3. The van der Waals surface area contributed by atoms with Gasteiger partial charge in [0, 0.05) is 40.8 Å². The highest BCUT2D eigenvalue weighted by atomic mass is 35.5. The maximum absolute atomic E-state index is 14.8. The number of carbonyl (C=O) groups is 1. The third-order valence-corrected chi connectivity index (χ3v) is 8.55. The molecule has 2 unspecified atom stereocenters. The first-order valence-electron chi connectivity index (χ1n) is 14.1. The van der Waals surface area contributed by atoms with E-state index in [1.807, 2.05) is 67.3 Å². The third kappa shape index (κ3) is 6.25. The van der Waals surface area contributed by atoms with Crippen molar-refractivity contribution in [3.05, 3.63) is 99.3 Å². The molecular formula is C32H37Cl2FN4O2. The maximum atomic E-state index is 14.8. The molecule has 6 nitrogen and oxygen atoms in total. The number of likely N-dealkylation sites (tertiary alicyclic amines) is 1. The van der Waals surface area contributed by atoms with Crippen LogP contribution in [0.15, 0.2) is 66.7 Å². The number of nitrogens with zero attached hydrogens (tertiary/aromatic N) is 2. The van der Waals surface area contributed by atoms with Crippen LogP contribution in [0, 0.1) is 5.82 Å². The Morgan fingerprint density at radius 2 is 1.44 bits per heavy atom. The normalized spacial score (nSPS) is 23.4. The summed E-state index contributed by atoms with van der Waals surface area (Å²) in [6, 6.07) is 19.4. The number of rotatable bonds is 7. The monoisotopic (exact) mass is 598 g/mol. The summed E-state index contributed by atoms with van der Waals surface area (Å²) in [6.45, 7) is 5.01. The number of benzene rings is 3. The zero-order valence-electron chi connectivity index (χ0n) is 23.8. The molecule has 2 aliphatic rings. The van der Waals surface area contributed by atoms with Crippen molar-refractivity contribution in [1.82, 2.24) is 20.4 Å². The minimum absolute atomic E-state index is 0.120. The van der Waals surface area contributed by atoms with Crippen LogP contribution in [0.4, 0.5) is 4.39 Å². The molecular weight excluding hydrogens is 562 g/mol. The highest BCUT2D eigenvalue weighted by Crippen LogP contribution is 2.45. The van der Waals surface area contributed by atoms with E-state index in [2.05, 4.69) is 29.6 Å². The molecule has 3 aromatic carbocycles. The molecule has 1 amide bonds. The molecule has 2 aliphatic heterocycles. The van der Waals surface area contributed by atoms with Gasteiger partial charge in [0.1, 0.15) is 11.6 Å². The van der Waals surface area contributed by atoms with Crippen LogP contribution in [0.1, 0.15) is 55.5 Å². The first-order chi connectivity index (χ1) is 19.6. The number of amides is 1. The zero-order valence-corrected chi connectivity index (χ0v) is 25.3. The molecule has 0 saturated carbocycles. The Balaban J connectivity index is 1.64. The number of hydrogen-bond acceptors (Lipinski definition) is 5. The summed E-state index contributed by atoms with van der Waals surface area (Å²) >= 11 is 12.5. The minimum atomic E-state index is -1.39. The number of hydrogen-bond donors (Lipinski definition) is 2. The lowest BCUT2D eigenvalue weighted by atomic mass is 9.94. The number of ether oxygens (including phenoxy) is 1. The average Bonchev–Trinajstić information content (AvgIpc) is 3.35. The van der Waals surface area contributed by atoms with Crippen molar-refractivity contribution < 1.29 is 13.9 Å². The standard InChI is InChI=1S/C32H37Cl2FN4O2/c1-20(2)41-28-19-25(35)13-14-27(28)32(31(40)39-17-15-26(16-18-39)38(3)4)36-29(21-5-9-23(33)10-6-21)30(37-32)22-7-11-24(34)12-8-22/h5-14,19-20,26,29-30,36-37H,15-18H2,1-4H3. The summed E-state index contributed by atoms with van der Waals surface area (Å²) in [4.78, 5) is 18.9. The second-order valence-electron chi connectivity index (χ2n) is 11.4. The van der Waals surface area contributed by atoms with E-state index in [0.717, 1.165) is 24.0 Å². The molecule has 9 heteroatoms. The quantitative estimate of drug-likeness (QED) is 0.334. The fourth-order valence-corrected chi connectivity index (χ4v) is 6.19. The number of piperidine rings is 1. The lowest BCUT2D eigenvalue weighted by molar-refractivity contribution is -0.141. The number of nitrogens with one attached hydrogen (secondary N) is 2. The van der Waals surface area contributed by atoms with E-state index in [1.54, 1.807) is 6.07 Å². The van der Waals surface area contributed by atoms with Crippen LogP contribution in [0.3, 0.4) is 0 Å². The Kier molecular flexibility index (Phi) is 8.92. The molecule has 2 saturated heterocycles. The SMILES string of the molecule is CC(C)Oc1cc(F)ccc1C1(C(=O)N2CCC(N(C)C)CC2)NC(c2ccc(Cl)cc2)C(c2ccc(Cl)cc2)N1.